The van der Waals surface area contributed by atoms with Crippen LogP contribution >= 0.6 is 0 Å². The Bertz CT molecular complexity index is 1350. The first-order valence-electron chi connectivity index (χ1n) is 9.85. The Morgan fingerprint density at radius 3 is 2.33 bits per heavy atom. The molecule has 0 atom stereocenters. The Morgan fingerprint density at radius 2 is 1.70 bits per heavy atom. The molecule has 2 amide bonds. The van der Waals surface area contributed by atoms with Crippen molar-refractivity contribution in [2.45, 2.75) is 0 Å². The number of hydrogen-bond acceptors (Lipinski definition) is 6. The van der Waals surface area contributed by atoms with Crippen LogP contribution in [0.25, 0.3) is 16.9 Å². The van der Waals surface area contributed by atoms with Crippen molar-refractivity contribution >= 4 is 46.7 Å². The second-order valence-electron chi connectivity index (χ2n) is 6.90. The molecule has 2 heterocycles. The van der Waals surface area contributed by atoms with E-state index < -0.39 is 5.91 Å². The molecular weight excluding hydrogens is 489 g/mol. The number of aromatic nitrogens is 3. The summed E-state index contributed by atoms with van der Waals surface area (Å²) in [6.07, 6.45) is 2.97. The summed E-state index contributed by atoms with van der Waals surface area (Å²) in [7, 11) is 4.60. The molecule has 0 aliphatic carbocycles. The summed E-state index contributed by atoms with van der Waals surface area (Å²) in [5.74, 6) is 0.538. The third-order valence-electron chi connectivity index (χ3n) is 4.97. The summed E-state index contributed by atoms with van der Waals surface area (Å²) in [5.41, 5.74) is 7.30. The monoisotopic (exact) mass is 511 g/mol. The van der Waals surface area contributed by atoms with Crippen LogP contribution in [-0.2, 0) is 0 Å². The fourth-order valence-electron chi connectivity index (χ4n) is 3.36. The molecule has 0 aliphatic heterocycles. The van der Waals surface area contributed by atoms with E-state index in [-0.39, 0.29) is 20.9 Å². The number of ether oxygens (including phenoxy) is 2. The minimum atomic E-state index is -0.554. The Labute approximate surface area is 196 Å². The van der Waals surface area contributed by atoms with Gasteiger partial charge in [-0.15, -0.1) is 0 Å². The molecule has 0 bridgehead atoms. The topological polar surface area (TPSA) is 121 Å². The Morgan fingerprint density at radius 1 is 1.03 bits per heavy atom. The van der Waals surface area contributed by atoms with Crippen LogP contribution < -0.4 is 29.6 Å². The minimum absolute atomic E-state index is 0.264. The van der Waals surface area contributed by atoms with E-state index in [0.29, 0.717) is 28.6 Å². The van der Waals surface area contributed by atoms with Crippen LogP contribution in [0.15, 0.2) is 54.9 Å². The quantitative estimate of drug-likeness (QED) is 0.351. The second-order valence-corrected chi connectivity index (χ2v) is 9.13. The fourth-order valence-corrected chi connectivity index (χ4v) is 5.70. The zero-order valence-corrected chi connectivity index (χ0v) is 19.9. The van der Waals surface area contributed by atoms with Crippen LogP contribution in [-0.4, -0.2) is 62.6 Å². The van der Waals surface area contributed by atoms with E-state index in [0.717, 1.165) is 20.0 Å². The van der Waals surface area contributed by atoms with Crippen LogP contribution in [0.3, 0.4) is 0 Å². The molecule has 3 N–H and O–H groups in total. The van der Waals surface area contributed by atoms with E-state index in [2.05, 4.69) is 15.3 Å². The van der Waals surface area contributed by atoms with Crippen LogP contribution in [0, 0.1) is 0 Å². The van der Waals surface area contributed by atoms with Crippen LogP contribution in [0.1, 0.15) is 20.7 Å². The number of carbonyl (C=O) groups excluding carboxylic acids is 2. The molecule has 0 saturated carbocycles. The van der Waals surface area contributed by atoms with Crippen molar-refractivity contribution in [1.82, 2.24) is 19.9 Å². The number of amides is 2. The molecule has 4 rings (SSSR count). The third-order valence-corrected chi connectivity index (χ3v) is 7.21. The Balaban J connectivity index is 1.86. The molecule has 2 aromatic heterocycles. The average molecular weight is 510 g/mol. The maximum absolute atomic E-state index is 12.2. The number of hydrogen-bond donors (Lipinski definition) is 2. The summed E-state index contributed by atoms with van der Waals surface area (Å²) in [6, 6.07) is 13.2. The molecule has 33 heavy (non-hydrogen) atoms. The molecule has 0 fully saturated rings. The van der Waals surface area contributed by atoms with Gasteiger partial charge < -0.3 is 0 Å². The number of rotatable bonds is 7. The molecule has 4 aromatic rings. The van der Waals surface area contributed by atoms with E-state index in [1.165, 1.54) is 26.6 Å². The first-order valence-corrected chi connectivity index (χ1v) is 11.6. The summed E-state index contributed by atoms with van der Waals surface area (Å²) >= 11 is -0.369. The Kier molecular flexibility index (Phi) is 6.30. The molecule has 0 aliphatic rings. The van der Waals surface area contributed by atoms with Crippen LogP contribution in [0.4, 0.5) is 0 Å². The van der Waals surface area contributed by atoms with Gasteiger partial charge in [-0.1, -0.05) is 0 Å². The SMILES string of the molecule is CNC(=O)c1cnc(-n2c([Se]c3cc(OC)c(OC)cc3C(N)=O)cc3ccccc32)nc1. The van der Waals surface area contributed by atoms with Gasteiger partial charge in [0.25, 0.3) is 0 Å². The molecule has 0 radical (unpaired) electrons. The van der Waals surface area contributed by atoms with Gasteiger partial charge in [0.1, 0.15) is 0 Å². The number of nitrogens with one attached hydrogen (secondary N) is 1. The first-order chi connectivity index (χ1) is 16.0. The fraction of sp³-hybridized carbons (Fsp3) is 0.130. The van der Waals surface area contributed by atoms with E-state index in [9.17, 15) is 9.59 Å². The van der Waals surface area contributed by atoms with Gasteiger partial charge >= 0.3 is 196 Å². The molecule has 0 spiro atoms. The molecular formula is C23H21N5O4Se. The van der Waals surface area contributed by atoms with Crippen molar-refractivity contribution in [3.8, 4) is 17.4 Å². The number of primary amides is 1. The molecule has 0 unspecified atom stereocenters. The van der Waals surface area contributed by atoms with Gasteiger partial charge in [-0.05, 0) is 0 Å². The van der Waals surface area contributed by atoms with Gasteiger partial charge in [-0.25, -0.2) is 0 Å². The van der Waals surface area contributed by atoms with E-state index in [1.807, 2.05) is 34.9 Å². The zero-order chi connectivity index (χ0) is 23.5. The van der Waals surface area contributed by atoms with E-state index in [1.54, 1.807) is 19.2 Å². The summed E-state index contributed by atoms with van der Waals surface area (Å²) in [5, 5.41) is 3.55. The normalized spacial score (nSPS) is 10.8. The molecule has 0 saturated heterocycles. The predicted octanol–water partition coefficient (Wildman–Crippen LogP) is 0.551. The number of benzene rings is 2. The van der Waals surface area contributed by atoms with Crippen molar-refractivity contribution in [3.63, 3.8) is 0 Å². The maximum atomic E-state index is 12.2. The molecule has 2 aromatic carbocycles. The second kappa shape index (κ2) is 9.31. The van der Waals surface area contributed by atoms with Crippen molar-refractivity contribution in [2.24, 2.45) is 5.73 Å². The van der Waals surface area contributed by atoms with Gasteiger partial charge in [0, 0.05) is 0 Å². The van der Waals surface area contributed by atoms with E-state index in [4.69, 9.17) is 15.2 Å². The van der Waals surface area contributed by atoms with Crippen molar-refractivity contribution in [3.05, 3.63) is 66.0 Å². The van der Waals surface area contributed by atoms with Gasteiger partial charge in [0.15, 0.2) is 0 Å². The summed E-state index contributed by atoms with van der Waals surface area (Å²) < 4.78 is 14.3. The number of nitrogens with two attached hydrogens (primary N) is 1. The van der Waals surface area contributed by atoms with E-state index >= 15 is 0 Å². The zero-order valence-electron chi connectivity index (χ0n) is 18.2. The standard InChI is InChI=1S/C23H21N5O4Se/c1-25-22(30)14-11-26-23(27-12-14)28-16-7-5-4-6-13(16)8-20(28)33-19-10-18(32-3)17(31-2)9-15(19)21(24)29/h4-12H,1-3H3,(H2,24,29)(H,25,30). The van der Waals surface area contributed by atoms with Crippen molar-refractivity contribution < 1.29 is 19.1 Å². The Hall–Kier alpha value is -3.88. The number of fused-ring (bicyclic) bond motifs is 1. The van der Waals surface area contributed by atoms with Gasteiger partial charge in [0.2, 0.25) is 0 Å². The summed E-state index contributed by atoms with van der Waals surface area (Å²) in [6.45, 7) is 0. The van der Waals surface area contributed by atoms with Crippen molar-refractivity contribution in [1.29, 1.82) is 0 Å². The van der Waals surface area contributed by atoms with Gasteiger partial charge in [-0.2, -0.15) is 0 Å². The number of nitrogens with zero attached hydrogens (tertiary/aromatic N) is 3. The predicted molar refractivity (Wildman–Crippen MR) is 125 cm³/mol. The number of methoxy groups -OCH3 is 2. The molecule has 10 heteroatoms. The summed E-state index contributed by atoms with van der Waals surface area (Å²) in [4.78, 5) is 32.9. The molecule has 9 nitrogen and oxygen atoms in total. The number of para-hydroxylation sites is 1. The van der Waals surface area contributed by atoms with Gasteiger partial charge in [0.05, 0.1) is 0 Å². The number of carbonyl (C=O) groups is 2. The van der Waals surface area contributed by atoms with Crippen molar-refractivity contribution in [2.75, 3.05) is 21.3 Å². The van der Waals surface area contributed by atoms with Gasteiger partial charge in [-0.3, -0.25) is 0 Å². The average Bonchev–Trinajstić information content (AvgIpc) is 3.20. The molecule has 168 valence electrons. The third kappa shape index (κ3) is 4.26. The first kappa shape index (κ1) is 22.3. The van der Waals surface area contributed by atoms with Crippen LogP contribution in [0.2, 0.25) is 0 Å². The van der Waals surface area contributed by atoms with Crippen LogP contribution in [0.5, 0.6) is 11.5 Å².